The van der Waals surface area contributed by atoms with Crippen molar-refractivity contribution in [3.8, 4) is 0 Å². The van der Waals surface area contributed by atoms with E-state index in [4.69, 9.17) is 9.47 Å². The predicted octanol–water partition coefficient (Wildman–Crippen LogP) is 5.46. The lowest BCUT2D eigenvalue weighted by Crippen LogP contribution is -2.34. The third kappa shape index (κ3) is 4.25. The fourth-order valence-electron chi connectivity index (χ4n) is 4.69. The molecular formula is C27H30N2O4. The molecule has 1 aromatic heterocycles. The van der Waals surface area contributed by atoms with Gasteiger partial charge in [-0.15, -0.1) is 0 Å². The van der Waals surface area contributed by atoms with Crippen molar-refractivity contribution in [3.63, 3.8) is 0 Å². The van der Waals surface area contributed by atoms with E-state index in [1.165, 1.54) is 0 Å². The number of hydrogen-bond acceptors (Lipinski definition) is 4. The van der Waals surface area contributed by atoms with Crippen LogP contribution in [0.1, 0.15) is 47.8 Å². The first kappa shape index (κ1) is 22.6. The Morgan fingerprint density at radius 2 is 1.82 bits per heavy atom. The van der Waals surface area contributed by atoms with Crippen LogP contribution in [0.25, 0.3) is 16.7 Å². The maximum atomic E-state index is 13.8. The van der Waals surface area contributed by atoms with Crippen LogP contribution in [0.2, 0.25) is 0 Å². The minimum Gasteiger partial charge on any atom is -0.495 e. The number of rotatable bonds is 8. The number of alkyl carbamates (subject to hydrolysis) is 1. The van der Waals surface area contributed by atoms with Crippen molar-refractivity contribution in [2.24, 2.45) is 12.5 Å². The lowest BCUT2D eigenvalue weighted by molar-refractivity contribution is 0.0825. The van der Waals surface area contributed by atoms with E-state index in [1.807, 2.05) is 79.2 Å². The molecule has 1 heterocycles. The van der Waals surface area contributed by atoms with Gasteiger partial charge in [-0.3, -0.25) is 4.79 Å². The highest BCUT2D eigenvalue weighted by atomic mass is 16.5. The molecule has 2 aromatic carbocycles. The lowest BCUT2D eigenvalue weighted by Gasteiger charge is -2.33. The highest BCUT2D eigenvalue weighted by Gasteiger charge is 2.43. The molecule has 0 fully saturated rings. The Hall–Kier alpha value is -3.54. The van der Waals surface area contributed by atoms with Gasteiger partial charge in [0.15, 0.2) is 5.78 Å². The Bertz CT molecular complexity index is 1200. The number of benzene rings is 2. The summed E-state index contributed by atoms with van der Waals surface area (Å²) < 4.78 is 13.1. The molecule has 1 unspecified atom stereocenters. The minimum absolute atomic E-state index is 0.115. The van der Waals surface area contributed by atoms with Crippen molar-refractivity contribution in [2.75, 3.05) is 13.7 Å². The summed E-state index contributed by atoms with van der Waals surface area (Å²) in [4.78, 5) is 25.9. The van der Waals surface area contributed by atoms with E-state index >= 15 is 0 Å². The van der Waals surface area contributed by atoms with Gasteiger partial charge in [-0.05, 0) is 37.0 Å². The second kappa shape index (κ2) is 9.53. The molecule has 1 atom stereocenters. The normalized spacial score (nSPS) is 17.4. The minimum atomic E-state index is -0.669. The number of carbonyl (C=O) groups excluding carboxylic acids is 2. The summed E-state index contributed by atoms with van der Waals surface area (Å²) in [5.41, 5.74) is 2.83. The zero-order chi connectivity index (χ0) is 23.4. The van der Waals surface area contributed by atoms with Crippen molar-refractivity contribution in [1.82, 2.24) is 9.88 Å². The molecule has 33 heavy (non-hydrogen) atoms. The highest BCUT2D eigenvalue weighted by molar-refractivity contribution is 6.16. The first-order valence-corrected chi connectivity index (χ1v) is 11.3. The summed E-state index contributed by atoms with van der Waals surface area (Å²) in [5.74, 6) is 0.838. The molecule has 1 aliphatic carbocycles. The number of carbonyl (C=O) groups is 2. The van der Waals surface area contributed by atoms with Gasteiger partial charge < -0.3 is 19.4 Å². The van der Waals surface area contributed by atoms with Gasteiger partial charge in [-0.2, -0.15) is 0 Å². The zero-order valence-corrected chi connectivity index (χ0v) is 19.4. The molecule has 1 amide bonds. The molecule has 1 N–H and O–H groups in total. The number of methoxy groups -OCH3 is 1. The molecule has 0 saturated carbocycles. The molecule has 172 valence electrons. The lowest BCUT2D eigenvalue weighted by atomic mass is 9.70. The fraction of sp³-hybridized carbons (Fsp3) is 0.333. The molecule has 0 saturated heterocycles. The van der Waals surface area contributed by atoms with Gasteiger partial charge in [0.2, 0.25) is 0 Å². The number of nitrogens with one attached hydrogen (secondary N) is 1. The van der Waals surface area contributed by atoms with Crippen LogP contribution in [-0.4, -0.2) is 30.1 Å². The second-order valence-electron chi connectivity index (χ2n) is 8.44. The van der Waals surface area contributed by atoms with Crippen LogP contribution in [-0.2, 0) is 23.1 Å². The third-order valence-electron chi connectivity index (χ3n) is 6.56. The monoisotopic (exact) mass is 446 g/mol. The van der Waals surface area contributed by atoms with Gasteiger partial charge in [-0.25, -0.2) is 4.79 Å². The Kier molecular flexibility index (Phi) is 6.54. The highest BCUT2D eigenvalue weighted by Crippen LogP contribution is 2.45. The SMILES string of the molecule is CCC1(CCCNC(=O)OCc2ccccc2)C=C(OC)c2c(c3ccccc3n2C)C1=O. The Morgan fingerprint density at radius 3 is 2.55 bits per heavy atom. The maximum Gasteiger partial charge on any atom is 0.407 e. The molecule has 6 nitrogen and oxygen atoms in total. The van der Waals surface area contributed by atoms with Crippen molar-refractivity contribution in [1.29, 1.82) is 0 Å². The van der Waals surface area contributed by atoms with Crippen LogP contribution < -0.4 is 5.32 Å². The van der Waals surface area contributed by atoms with Crippen molar-refractivity contribution < 1.29 is 19.1 Å². The Labute approximate surface area is 194 Å². The number of allylic oxidation sites excluding steroid dienone is 1. The first-order chi connectivity index (χ1) is 16.0. The van der Waals surface area contributed by atoms with Crippen molar-refractivity contribution >= 4 is 28.5 Å². The van der Waals surface area contributed by atoms with E-state index in [0.29, 0.717) is 25.8 Å². The molecule has 1 aliphatic rings. The standard InChI is InChI=1S/C27H30N2O4/c1-4-27(15-10-16-28-26(31)33-18-19-11-6-5-7-12-19)17-22(32-3)24-23(25(27)30)20-13-8-9-14-21(20)29(24)2/h5-9,11-14,17H,4,10,15-16,18H2,1-3H3,(H,28,31). The van der Waals surface area contributed by atoms with Gasteiger partial charge in [0.25, 0.3) is 0 Å². The molecule has 0 spiro atoms. The van der Waals surface area contributed by atoms with Gasteiger partial charge >= 0.3 is 6.09 Å². The van der Waals surface area contributed by atoms with E-state index in [2.05, 4.69) is 5.32 Å². The molecular weight excluding hydrogens is 416 g/mol. The molecule has 3 aromatic rings. The number of fused-ring (bicyclic) bond motifs is 3. The number of ether oxygens (including phenoxy) is 2. The molecule has 0 aliphatic heterocycles. The molecule has 0 radical (unpaired) electrons. The average molecular weight is 447 g/mol. The maximum absolute atomic E-state index is 13.8. The van der Waals surface area contributed by atoms with E-state index in [0.717, 1.165) is 33.5 Å². The predicted molar refractivity (Wildman–Crippen MR) is 129 cm³/mol. The van der Waals surface area contributed by atoms with E-state index in [9.17, 15) is 9.59 Å². The van der Waals surface area contributed by atoms with E-state index in [1.54, 1.807) is 7.11 Å². The quantitative estimate of drug-likeness (QED) is 0.466. The number of Topliss-reactive ketones (excluding diaryl/α,β-unsaturated/α-hetero) is 1. The van der Waals surface area contributed by atoms with Gasteiger partial charge in [-0.1, -0.05) is 55.5 Å². The zero-order valence-electron chi connectivity index (χ0n) is 19.4. The molecule has 0 bridgehead atoms. The van der Waals surface area contributed by atoms with E-state index < -0.39 is 11.5 Å². The Morgan fingerprint density at radius 1 is 1.09 bits per heavy atom. The van der Waals surface area contributed by atoms with Crippen LogP contribution in [0.15, 0.2) is 60.7 Å². The topological polar surface area (TPSA) is 69.6 Å². The summed E-state index contributed by atoms with van der Waals surface area (Å²) in [5, 5.41) is 3.75. The number of aryl methyl sites for hydroxylation is 1. The number of para-hydroxylation sites is 1. The molecule has 6 heteroatoms. The first-order valence-electron chi connectivity index (χ1n) is 11.3. The molecule has 4 rings (SSSR count). The van der Waals surface area contributed by atoms with Crippen LogP contribution in [0.5, 0.6) is 0 Å². The summed E-state index contributed by atoms with van der Waals surface area (Å²) >= 11 is 0. The number of amides is 1. The Balaban J connectivity index is 1.45. The third-order valence-corrected chi connectivity index (χ3v) is 6.56. The summed E-state index contributed by atoms with van der Waals surface area (Å²) in [6.07, 6.45) is 3.43. The van der Waals surface area contributed by atoms with Crippen LogP contribution in [0.3, 0.4) is 0 Å². The number of nitrogens with zero attached hydrogens (tertiary/aromatic N) is 1. The number of ketones is 1. The van der Waals surface area contributed by atoms with E-state index in [-0.39, 0.29) is 12.4 Å². The largest absolute Gasteiger partial charge is 0.495 e. The van der Waals surface area contributed by atoms with Gasteiger partial charge in [0.05, 0.1) is 23.8 Å². The van der Waals surface area contributed by atoms with Crippen molar-refractivity contribution in [3.05, 3.63) is 77.5 Å². The van der Waals surface area contributed by atoms with Crippen LogP contribution in [0, 0.1) is 5.41 Å². The van der Waals surface area contributed by atoms with Crippen LogP contribution in [0.4, 0.5) is 4.79 Å². The average Bonchev–Trinajstić information content (AvgIpc) is 3.15. The number of aromatic nitrogens is 1. The summed E-state index contributed by atoms with van der Waals surface area (Å²) in [6, 6.07) is 17.5. The second-order valence-corrected chi connectivity index (χ2v) is 8.44. The summed E-state index contributed by atoms with van der Waals surface area (Å²) in [7, 11) is 3.61. The van der Waals surface area contributed by atoms with Gasteiger partial charge in [0, 0.05) is 24.5 Å². The van der Waals surface area contributed by atoms with Crippen molar-refractivity contribution in [2.45, 2.75) is 32.8 Å². The van der Waals surface area contributed by atoms with Crippen LogP contribution >= 0.6 is 0 Å². The smallest absolute Gasteiger partial charge is 0.407 e. The summed E-state index contributed by atoms with van der Waals surface area (Å²) in [6.45, 7) is 2.69. The van der Waals surface area contributed by atoms with Gasteiger partial charge in [0.1, 0.15) is 12.4 Å². The number of hydrogen-bond donors (Lipinski definition) is 1. The fourth-order valence-corrected chi connectivity index (χ4v) is 4.69.